The molecule has 4 heteroatoms. The molecule has 0 aromatic heterocycles. The molecule has 1 heterocycles. The second-order valence-electron chi connectivity index (χ2n) is 4.18. The van der Waals surface area contributed by atoms with Gasteiger partial charge in [0.05, 0.1) is 0 Å². The number of hydrogen-bond donors (Lipinski definition) is 2. The summed E-state index contributed by atoms with van der Waals surface area (Å²) in [6.45, 7) is 5.16. The molecule has 0 fully saturated rings. The molecule has 0 saturated carbocycles. The largest absolute Gasteiger partial charge is 0.486 e. The third-order valence-corrected chi connectivity index (χ3v) is 2.83. The Balaban J connectivity index is 2.01. The summed E-state index contributed by atoms with van der Waals surface area (Å²) in [6, 6.07) is 4.06. The van der Waals surface area contributed by atoms with Gasteiger partial charge in [0.2, 0.25) is 0 Å². The van der Waals surface area contributed by atoms with Gasteiger partial charge in [-0.25, -0.2) is 0 Å². The van der Waals surface area contributed by atoms with E-state index in [-0.39, 0.29) is 6.61 Å². The van der Waals surface area contributed by atoms with Gasteiger partial charge in [0.15, 0.2) is 11.5 Å². The van der Waals surface area contributed by atoms with Crippen LogP contribution in [0.25, 0.3) is 0 Å². The lowest BCUT2D eigenvalue weighted by Gasteiger charge is -2.20. The Labute approximate surface area is 102 Å². The minimum atomic E-state index is 0.229. The number of benzene rings is 1. The first kappa shape index (κ1) is 12.2. The molecule has 0 unspecified atom stereocenters. The van der Waals surface area contributed by atoms with E-state index >= 15 is 0 Å². The predicted octanol–water partition coefficient (Wildman–Crippen LogP) is 1.24. The Hall–Kier alpha value is -1.26. The summed E-state index contributed by atoms with van der Waals surface area (Å²) in [6.07, 6.45) is 0.781. The summed E-state index contributed by atoms with van der Waals surface area (Å²) in [5.41, 5.74) is 2.41. The van der Waals surface area contributed by atoms with Gasteiger partial charge in [-0.1, -0.05) is 0 Å². The van der Waals surface area contributed by atoms with Crippen LogP contribution in [0.15, 0.2) is 12.1 Å². The van der Waals surface area contributed by atoms with Gasteiger partial charge in [-0.2, -0.15) is 0 Å². The number of aliphatic hydroxyl groups excluding tert-OH is 1. The van der Waals surface area contributed by atoms with Gasteiger partial charge in [-0.15, -0.1) is 0 Å². The smallest absolute Gasteiger partial charge is 0.161 e. The fourth-order valence-electron chi connectivity index (χ4n) is 1.85. The van der Waals surface area contributed by atoms with Crippen LogP contribution < -0.4 is 14.8 Å². The quantitative estimate of drug-likeness (QED) is 0.756. The van der Waals surface area contributed by atoms with Crippen molar-refractivity contribution in [2.24, 2.45) is 0 Å². The highest BCUT2D eigenvalue weighted by atomic mass is 16.6. The van der Waals surface area contributed by atoms with Crippen LogP contribution in [0.1, 0.15) is 17.5 Å². The van der Waals surface area contributed by atoms with E-state index in [4.69, 9.17) is 14.6 Å². The summed E-state index contributed by atoms with van der Waals surface area (Å²) in [7, 11) is 0. The first-order valence-electron chi connectivity index (χ1n) is 6.02. The number of fused-ring (bicyclic) bond motifs is 1. The predicted molar refractivity (Wildman–Crippen MR) is 65.6 cm³/mol. The number of aryl methyl sites for hydroxylation is 1. The Morgan fingerprint density at radius 3 is 2.65 bits per heavy atom. The van der Waals surface area contributed by atoms with Crippen molar-refractivity contribution >= 4 is 0 Å². The van der Waals surface area contributed by atoms with Crippen molar-refractivity contribution in [3.8, 4) is 11.5 Å². The average Bonchev–Trinajstić information content (AvgIpc) is 2.35. The average molecular weight is 237 g/mol. The van der Waals surface area contributed by atoms with Gasteiger partial charge >= 0.3 is 0 Å². The number of hydrogen-bond acceptors (Lipinski definition) is 4. The van der Waals surface area contributed by atoms with Crippen LogP contribution in [0.2, 0.25) is 0 Å². The standard InChI is InChI=1S/C13H19NO3/c1-10-7-12-13(17-6-5-16-12)8-11(10)9-14-3-2-4-15/h7-8,14-15H,2-6,9H2,1H3. The highest BCUT2D eigenvalue weighted by molar-refractivity contribution is 5.47. The molecule has 1 aromatic carbocycles. The molecular formula is C13H19NO3. The highest BCUT2D eigenvalue weighted by Gasteiger charge is 2.13. The van der Waals surface area contributed by atoms with Gasteiger partial charge in [0.1, 0.15) is 13.2 Å². The Kier molecular flexibility index (Phi) is 4.23. The molecule has 1 aliphatic heterocycles. The second-order valence-corrected chi connectivity index (χ2v) is 4.18. The van der Waals surface area contributed by atoms with Crippen LogP contribution in [-0.2, 0) is 6.54 Å². The van der Waals surface area contributed by atoms with E-state index in [1.54, 1.807) is 0 Å². The van der Waals surface area contributed by atoms with Crippen molar-refractivity contribution in [2.75, 3.05) is 26.4 Å². The first-order valence-corrected chi connectivity index (χ1v) is 6.02. The van der Waals surface area contributed by atoms with Crippen molar-refractivity contribution in [3.63, 3.8) is 0 Å². The molecule has 2 N–H and O–H groups in total. The third-order valence-electron chi connectivity index (χ3n) is 2.83. The van der Waals surface area contributed by atoms with Crippen LogP contribution >= 0.6 is 0 Å². The lowest BCUT2D eigenvalue weighted by molar-refractivity contribution is 0.171. The third kappa shape index (κ3) is 3.11. The molecule has 0 radical (unpaired) electrons. The summed E-state index contributed by atoms with van der Waals surface area (Å²) < 4.78 is 11.1. The monoisotopic (exact) mass is 237 g/mol. The van der Waals surface area contributed by atoms with E-state index < -0.39 is 0 Å². The van der Waals surface area contributed by atoms with Crippen molar-refractivity contribution in [3.05, 3.63) is 23.3 Å². The van der Waals surface area contributed by atoms with Crippen LogP contribution in [0, 0.1) is 6.92 Å². The Bertz CT molecular complexity index is 379. The van der Waals surface area contributed by atoms with Crippen LogP contribution in [0.3, 0.4) is 0 Å². The molecule has 1 aromatic rings. The van der Waals surface area contributed by atoms with E-state index in [9.17, 15) is 0 Å². The lowest BCUT2D eigenvalue weighted by Crippen LogP contribution is -2.18. The summed E-state index contributed by atoms with van der Waals surface area (Å²) in [4.78, 5) is 0. The van der Waals surface area contributed by atoms with Gasteiger partial charge in [-0.3, -0.25) is 0 Å². The molecule has 2 rings (SSSR count). The SMILES string of the molecule is Cc1cc2c(cc1CNCCCO)OCCO2. The van der Waals surface area contributed by atoms with Gasteiger partial charge in [0.25, 0.3) is 0 Å². The maximum absolute atomic E-state index is 8.70. The maximum atomic E-state index is 8.70. The minimum absolute atomic E-state index is 0.229. The van der Waals surface area contributed by atoms with Crippen molar-refractivity contribution in [2.45, 2.75) is 19.9 Å². The van der Waals surface area contributed by atoms with E-state index in [1.807, 2.05) is 12.1 Å². The Morgan fingerprint density at radius 2 is 1.94 bits per heavy atom. The molecule has 0 amide bonds. The second kappa shape index (κ2) is 5.89. The van der Waals surface area contributed by atoms with Gasteiger partial charge in [0, 0.05) is 13.2 Å². The Morgan fingerprint density at radius 1 is 1.24 bits per heavy atom. The van der Waals surface area contributed by atoms with Crippen LogP contribution in [0.5, 0.6) is 11.5 Å². The maximum Gasteiger partial charge on any atom is 0.161 e. The van der Waals surface area contributed by atoms with Crippen molar-refractivity contribution in [1.82, 2.24) is 5.32 Å². The van der Waals surface area contributed by atoms with Crippen molar-refractivity contribution < 1.29 is 14.6 Å². The normalized spacial score (nSPS) is 13.8. The molecule has 0 spiro atoms. The molecule has 4 nitrogen and oxygen atoms in total. The fraction of sp³-hybridized carbons (Fsp3) is 0.538. The molecule has 0 aliphatic carbocycles. The molecule has 94 valence electrons. The van der Waals surface area contributed by atoms with E-state index in [2.05, 4.69) is 12.2 Å². The molecule has 0 saturated heterocycles. The highest BCUT2D eigenvalue weighted by Crippen LogP contribution is 2.32. The number of nitrogens with one attached hydrogen (secondary N) is 1. The number of aliphatic hydroxyl groups is 1. The van der Waals surface area contributed by atoms with E-state index in [0.29, 0.717) is 13.2 Å². The number of ether oxygens (including phenoxy) is 2. The molecule has 1 aliphatic rings. The van der Waals surface area contributed by atoms with Crippen LogP contribution in [-0.4, -0.2) is 31.5 Å². The molecule has 0 bridgehead atoms. The zero-order valence-corrected chi connectivity index (χ0v) is 10.2. The number of rotatable bonds is 5. The molecular weight excluding hydrogens is 218 g/mol. The van der Waals surface area contributed by atoms with Gasteiger partial charge in [-0.05, 0) is 43.1 Å². The fourth-order valence-corrected chi connectivity index (χ4v) is 1.85. The molecule has 17 heavy (non-hydrogen) atoms. The summed E-state index contributed by atoms with van der Waals surface area (Å²) in [5.74, 6) is 1.67. The minimum Gasteiger partial charge on any atom is -0.486 e. The van der Waals surface area contributed by atoms with E-state index in [1.165, 1.54) is 11.1 Å². The lowest BCUT2D eigenvalue weighted by atomic mass is 10.1. The van der Waals surface area contributed by atoms with E-state index in [0.717, 1.165) is 31.0 Å². The molecule has 0 atom stereocenters. The first-order chi connectivity index (χ1) is 8.31. The zero-order valence-electron chi connectivity index (χ0n) is 10.2. The summed E-state index contributed by atoms with van der Waals surface area (Å²) in [5, 5.41) is 12.0. The zero-order chi connectivity index (χ0) is 12.1. The topological polar surface area (TPSA) is 50.7 Å². The van der Waals surface area contributed by atoms with Crippen LogP contribution in [0.4, 0.5) is 0 Å². The summed E-state index contributed by atoms with van der Waals surface area (Å²) >= 11 is 0. The van der Waals surface area contributed by atoms with Gasteiger partial charge < -0.3 is 19.9 Å². The van der Waals surface area contributed by atoms with Crippen molar-refractivity contribution in [1.29, 1.82) is 0 Å².